The van der Waals surface area contributed by atoms with Crippen LogP contribution in [0.5, 0.6) is 0 Å². The summed E-state index contributed by atoms with van der Waals surface area (Å²) in [4.78, 5) is 22.9. The Morgan fingerprint density at radius 3 is 2.41 bits per heavy atom. The Balaban J connectivity index is 2.80. The van der Waals surface area contributed by atoms with Crippen LogP contribution in [0.15, 0.2) is 27.9 Å². The highest BCUT2D eigenvalue weighted by atomic mass is 32.2. The zero-order chi connectivity index (χ0) is 20.8. The van der Waals surface area contributed by atoms with E-state index < -0.39 is 51.2 Å². The van der Waals surface area contributed by atoms with Gasteiger partial charge in [0.2, 0.25) is 10.0 Å². The van der Waals surface area contributed by atoms with Crippen molar-refractivity contribution in [1.82, 2.24) is 4.98 Å². The Morgan fingerprint density at radius 1 is 1.33 bits per heavy atom. The molecule has 0 saturated carbocycles. The molecular weight excluding hydrogens is 412 g/mol. The number of sulfonamides is 1. The van der Waals surface area contributed by atoms with Crippen molar-refractivity contribution in [3.8, 4) is 0 Å². The van der Waals surface area contributed by atoms with Crippen molar-refractivity contribution < 1.29 is 35.6 Å². The molecule has 0 aliphatic carbocycles. The van der Waals surface area contributed by atoms with Gasteiger partial charge in [0.15, 0.2) is 0 Å². The second-order valence-corrected chi connectivity index (χ2v) is 9.07. The third-order valence-electron chi connectivity index (χ3n) is 3.74. The quantitative estimate of drug-likeness (QED) is 0.621. The van der Waals surface area contributed by atoms with Gasteiger partial charge in [-0.3, -0.25) is 9.36 Å². The minimum absolute atomic E-state index is 0.233. The fraction of sp³-hybridized carbons (Fsp3) is 0.357. The third-order valence-corrected chi connectivity index (χ3v) is 6.28. The van der Waals surface area contributed by atoms with Crippen LogP contribution in [0.3, 0.4) is 0 Å². The molecule has 150 valence electrons. The number of benzene rings is 1. The number of hydrogen-bond acceptors (Lipinski definition) is 5. The Labute approximate surface area is 151 Å². The highest BCUT2D eigenvalue weighted by Gasteiger charge is 2.37. The first kappa shape index (κ1) is 21.6. The molecule has 1 aromatic heterocycles. The molecule has 0 amide bonds. The van der Waals surface area contributed by atoms with E-state index >= 15 is 0 Å². The van der Waals surface area contributed by atoms with Crippen LogP contribution in [-0.2, 0) is 25.3 Å². The van der Waals surface area contributed by atoms with Crippen LogP contribution in [-0.4, -0.2) is 24.4 Å². The molecular formula is C14H16F3N2O6PS. The predicted octanol–water partition coefficient (Wildman–Crippen LogP) is 1.82. The molecule has 0 aliphatic rings. The number of nitrogens with one attached hydrogen (secondary N) is 1. The molecule has 27 heavy (non-hydrogen) atoms. The number of aromatic amines is 1. The van der Waals surface area contributed by atoms with E-state index in [0.717, 1.165) is 6.07 Å². The molecule has 2 unspecified atom stereocenters. The van der Waals surface area contributed by atoms with Crippen molar-refractivity contribution in [2.45, 2.75) is 37.4 Å². The molecule has 13 heteroatoms. The second-order valence-electron chi connectivity index (χ2n) is 5.81. The summed E-state index contributed by atoms with van der Waals surface area (Å²) in [5.41, 5.74) is -3.08. The number of pyridine rings is 1. The zero-order valence-electron chi connectivity index (χ0n) is 14.1. The first-order valence-corrected chi connectivity index (χ1v) is 10.6. The van der Waals surface area contributed by atoms with Gasteiger partial charge in [-0.05, 0) is 31.5 Å². The molecule has 0 aliphatic heterocycles. The van der Waals surface area contributed by atoms with E-state index in [2.05, 4.69) is 0 Å². The van der Waals surface area contributed by atoms with Crippen molar-refractivity contribution >= 4 is 33.8 Å². The number of fused-ring (bicyclic) bond motifs is 1. The van der Waals surface area contributed by atoms with Gasteiger partial charge in [0.25, 0.3) is 5.56 Å². The lowest BCUT2D eigenvalue weighted by Crippen LogP contribution is -2.29. The Bertz CT molecular complexity index is 1100. The van der Waals surface area contributed by atoms with Crippen LogP contribution in [0.4, 0.5) is 13.2 Å². The van der Waals surface area contributed by atoms with E-state index in [4.69, 9.17) is 9.66 Å². The van der Waals surface area contributed by atoms with Gasteiger partial charge in [-0.2, -0.15) is 13.2 Å². The van der Waals surface area contributed by atoms with Crippen LogP contribution < -0.4 is 16.0 Å². The number of hydrogen-bond donors (Lipinski definition) is 3. The highest BCUT2D eigenvalue weighted by Crippen LogP contribution is 2.42. The minimum Gasteiger partial charge on any atom is -0.321 e. The van der Waals surface area contributed by atoms with Gasteiger partial charge in [-0.1, -0.05) is 6.92 Å². The van der Waals surface area contributed by atoms with Gasteiger partial charge in [0, 0.05) is 10.9 Å². The number of primary sulfonamides is 1. The topological polar surface area (TPSA) is 140 Å². The molecule has 1 heterocycles. The normalized spacial score (nSPS) is 16.3. The van der Waals surface area contributed by atoms with Crippen LogP contribution in [0, 0.1) is 0 Å². The fourth-order valence-electron chi connectivity index (χ4n) is 2.26. The molecule has 2 aromatic rings. The number of halogens is 3. The maximum Gasteiger partial charge on any atom is 0.417 e. The number of nitrogens with two attached hydrogens (primary N) is 1. The monoisotopic (exact) mass is 428 g/mol. The summed E-state index contributed by atoms with van der Waals surface area (Å²) in [7, 11) is -9.37. The second kappa shape index (κ2) is 7.02. The van der Waals surface area contributed by atoms with Crippen molar-refractivity contribution in [3.05, 3.63) is 34.1 Å². The lowest BCUT2D eigenvalue weighted by atomic mass is 10.1. The van der Waals surface area contributed by atoms with Crippen molar-refractivity contribution in [3.63, 3.8) is 0 Å². The standard InChI is InChI=1S/C14H16F3N2O6PS/c1-3-7(2)25-26(21,22)11-4-8-5-12(27(18,23)24)9(14(15,16)17)6-10(8)19-13(11)20/h4-7H,3H2,1-2H3,(H,19,20)(H,21,22)(H2,18,23,24). The van der Waals surface area contributed by atoms with E-state index in [1.165, 1.54) is 6.92 Å². The molecule has 0 fully saturated rings. The van der Waals surface area contributed by atoms with Crippen LogP contribution in [0.25, 0.3) is 10.9 Å². The number of H-pyrrole nitrogens is 1. The number of aromatic nitrogens is 1. The van der Waals surface area contributed by atoms with Gasteiger partial charge < -0.3 is 14.4 Å². The largest absolute Gasteiger partial charge is 0.417 e. The van der Waals surface area contributed by atoms with Gasteiger partial charge >= 0.3 is 13.8 Å². The molecule has 0 radical (unpaired) electrons. The van der Waals surface area contributed by atoms with E-state index in [1.54, 1.807) is 6.92 Å². The zero-order valence-corrected chi connectivity index (χ0v) is 15.8. The lowest BCUT2D eigenvalue weighted by Gasteiger charge is -2.17. The summed E-state index contributed by atoms with van der Waals surface area (Å²) in [6.07, 6.45) is -5.37. The van der Waals surface area contributed by atoms with E-state index in [0.29, 0.717) is 18.6 Å². The first-order valence-electron chi connectivity index (χ1n) is 7.49. The summed E-state index contributed by atoms with van der Waals surface area (Å²) in [5, 5.41) is 3.90. The molecule has 0 saturated heterocycles. The molecule has 2 rings (SSSR count). The molecule has 4 N–H and O–H groups in total. The molecule has 2 atom stereocenters. The summed E-state index contributed by atoms with van der Waals surface area (Å²) in [6, 6.07) is 1.79. The SMILES string of the molecule is CCC(C)OP(=O)(O)c1cc2cc(S(N)(=O)=O)c(C(F)(F)F)cc2[nH]c1=O. The molecule has 0 spiro atoms. The van der Waals surface area contributed by atoms with E-state index in [1.807, 2.05) is 4.98 Å². The van der Waals surface area contributed by atoms with Crippen molar-refractivity contribution in [2.24, 2.45) is 5.14 Å². The Morgan fingerprint density at radius 2 is 1.93 bits per heavy atom. The highest BCUT2D eigenvalue weighted by molar-refractivity contribution is 7.89. The maximum absolute atomic E-state index is 13.1. The van der Waals surface area contributed by atoms with Gasteiger partial charge in [0.1, 0.15) is 5.30 Å². The number of alkyl halides is 3. The van der Waals surface area contributed by atoms with Crippen molar-refractivity contribution in [2.75, 3.05) is 0 Å². The van der Waals surface area contributed by atoms with E-state index in [9.17, 15) is 35.8 Å². The maximum atomic E-state index is 13.1. The summed E-state index contributed by atoms with van der Waals surface area (Å²) in [5.74, 6) is 0. The summed E-state index contributed by atoms with van der Waals surface area (Å²) < 4.78 is 79.8. The van der Waals surface area contributed by atoms with E-state index in [-0.39, 0.29) is 10.9 Å². The molecule has 0 bridgehead atoms. The van der Waals surface area contributed by atoms with Crippen LogP contribution in [0.2, 0.25) is 0 Å². The predicted molar refractivity (Wildman–Crippen MR) is 91.2 cm³/mol. The van der Waals surface area contributed by atoms with Gasteiger partial charge in [-0.15, -0.1) is 0 Å². The van der Waals surface area contributed by atoms with Gasteiger partial charge in [-0.25, -0.2) is 13.6 Å². The van der Waals surface area contributed by atoms with Gasteiger partial charge in [0.05, 0.1) is 16.6 Å². The molecule has 1 aromatic carbocycles. The third kappa shape index (κ3) is 4.58. The Hall–Kier alpha value is -1.72. The summed E-state index contributed by atoms with van der Waals surface area (Å²) >= 11 is 0. The first-order chi connectivity index (χ1) is 12.2. The van der Waals surface area contributed by atoms with Crippen LogP contribution in [0.1, 0.15) is 25.8 Å². The summed E-state index contributed by atoms with van der Waals surface area (Å²) in [6.45, 7) is 3.17. The average Bonchev–Trinajstić information content (AvgIpc) is 2.50. The fourth-order valence-corrected chi connectivity index (χ4v) is 4.40. The average molecular weight is 428 g/mol. The number of rotatable bonds is 5. The smallest absolute Gasteiger partial charge is 0.321 e. The lowest BCUT2D eigenvalue weighted by molar-refractivity contribution is -0.139. The minimum atomic E-state index is -5.06. The van der Waals surface area contributed by atoms with Crippen molar-refractivity contribution in [1.29, 1.82) is 0 Å². The van der Waals surface area contributed by atoms with Crippen LogP contribution >= 0.6 is 7.60 Å². The molecule has 8 nitrogen and oxygen atoms in total. The Kier molecular flexibility index (Phi) is 5.61.